The molecule has 0 bridgehead atoms. The highest BCUT2D eigenvalue weighted by Crippen LogP contribution is 2.42. The number of hydrogen-bond donors (Lipinski definition) is 0. The lowest BCUT2D eigenvalue weighted by atomic mass is 9.95. The number of ether oxygens (including phenoxy) is 1. The van der Waals surface area contributed by atoms with E-state index in [0.717, 1.165) is 49.1 Å². The summed E-state index contributed by atoms with van der Waals surface area (Å²) in [6.07, 6.45) is 2.57. The van der Waals surface area contributed by atoms with Crippen molar-refractivity contribution in [2.45, 2.75) is 6.61 Å². The molecule has 0 saturated carbocycles. The maximum atomic E-state index is 12.0. The van der Waals surface area contributed by atoms with Gasteiger partial charge in [-0.25, -0.2) is 9.88 Å². The smallest absolute Gasteiger partial charge is 0.258 e. The van der Waals surface area contributed by atoms with Gasteiger partial charge in [0.15, 0.2) is 0 Å². The summed E-state index contributed by atoms with van der Waals surface area (Å²) in [6.45, 7) is 0.457. The Balaban J connectivity index is 1.59. The normalized spacial score (nSPS) is 15.0. The molecule has 0 unspecified atom stereocenters. The van der Waals surface area contributed by atoms with Gasteiger partial charge in [0.25, 0.3) is 11.8 Å². The molecule has 0 N–H and O–H groups in total. The summed E-state index contributed by atoms with van der Waals surface area (Å²) in [4.78, 5) is 30.2. The molecule has 3 aromatic carbocycles. The van der Waals surface area contributed by atoms with Crippen LogP contribution in [0, 0.1) is 0 Å². The van der Waals surface area contributed by atoms with Crippen molar-refractivity contribution in [2.24, 2.45) is 0 Å². The van der Waals surface area contributed by atoms with E-state index in [-0.39, 0.29) is 11.8 Å². The van der Waals surface area contributed by atoms with Crippen molar-refractivity contribution >= 4 is 39.2 Å². The van der Waals surface area contributed by atoms with Crippen LogP contribution in [0.3, 0.4) is 0 Å². The van der Waals surface area contributed by atoms with E-state index in [1.54, 1.807) is 12.1 Å². The third kappa shape index (κ3) is 2.31. The van der Waals surface area contributed by atoms with Gasteiger partial charge in [0.2, 0.25) is 0 Å². The molecule has 5 heteroatoms. The number of benzene rings is 3. The number of pyridine rings is 1. The molecule has 2 amide bonds. The number of aromatic nitrogens is 1. The zero-order valence-electron chi connectivity index (χ0n) is 15.3. The molecule has 0 spiro atoms. The van der Waals surface area contributed by atoms with E-state index in [9.17, 15) is 9.59 Å². The minimum Gasteiger partial charge on any atom is -0.488 e. The van der Waals surface area contributed by atoms with Crippen molar-refractivity contribution in [1.82, 2.24) is 4.98 Å². The maximum absolute atomic E-state index is 12.0. The SMILES string of the molecule is O=C1C=CC(=O)N1c1ccc2cc3c(nc2c1)-c1c(ccc2ccccc12)OC3. The van der Waals surface area contributed by atoms with Crippen molar-refractivity contribution in [3.63, 3.8) is 0 Å². The molecule has 0 atom stereocenters. The van der Waals surface area contributed by atoms with Gasteiger partial charge in [-0.2, -0.15) is 0 Å². The second-order valence-electron chi connectivity index (χ2n) is 7.17. The number of nitrogens with zero attached hydrogens (tertiary/aromatic N) is 2. The number of anilines is 1. The molecule has 2 aliphatic rings. The zero-order valence-corrected chi connectivity index (χ0v) is 15.3. The van der Waals surface area contributed by atoms with Crippen LogP contribution in [-0.2, 0) is 16.2 Å². The highest BCUT2D eigenvalue weighted by molar-refractivity contribution is 6.28. The molecule has 0 saturated heterocycles. The van der Waals surface area contributed by atoms with Gasteiger partial charge < -0.3 is 4.74 Å². The molecule has 0 radical (unpaired) electrons. The van der Waals surface area contributed by atoms with E-state index in [4.69, 9.17) is 9.72 Å². The minimum atomic E-state index is -0.336. The summed E-state index contributed by atoms with van der Waals surface area (Å²) in [5.41, 5.74) is 4.13. The Labute approximate surface area is 165 Å². The van der Waals surface area contributed by atoms with Gasteiger partial charge in [0.1, 0.15) is 12.4 Å². The number of rotatable bonds is 1. The molecular formula is C24H14N2O3. The third-order valence-electron chi connectivity index (χ3n) is 5.46. The van der Waals surface area contributed by atoms with Gasteiger partial charge in [-0.05, 0) is 35.0 Å². The molecule has 1 aromatic heterocycles. The summed E-state index contributed by atoms with van der Waals surface area (Å²) in [7, 11) is 0. The van der Waals surface area contributed by atoms with E-state index in [0.29, 0.717) is 12.3 Å². The number of imide groups is 1. The molecule has 6 rings (SSSR count). The van der Waals surface area contributed by atoms with Crippen LogP contribution in [0.2, 0.25) is 0 Å². The van der Waals surface area contributed by atoms with E-state index in [1.807, 2.05) is 24.3 Å². The van der Waals surface area contributed by atoms with Crippen molar-refractivity contribution in [2.75, 3.05) is 4.90 Å². The van der Waals surface area contributed by atoms with Gasteiger partial charge in [-0.15, -0.1) is 0 Å². The minimum absolute atomic E-state index is 0.336. The van der Waals surface area contributed by atoms with Gasteiger partial charge in [-0.1, -0.05) is 36.4 Å². The molecule has 29 heavy (non-hydrogen) atoms. The van der Waals surface area contributed by atoms with Gasteiger partial charge in [0.05, 0.1) is 22.5 Å². The Bertz CT molecular complexity index is 1390. The largest absolute Gasteiger partial charge is 0.488 e. The molecule has 5 nitrogen and oxygen atoms in total. The van der Waals surface area contributed by atoms with Crippen molar-refractivity contribution in [3.05, 3.63) is 78.4 Å². The summed E-state index contributed by atoms with van der Waals surface area (Å²) in [5, 5.41) is 3.15. The summed E-state index contributed by atoms with van der Waals surface area (Å²) >= 11 is 0. The predicted molar refractivity (Wildman–Crippen MR) is 111 cm³/mol. The van der Waals surface area contributed by atoms with Crippen LogP contribution in [0.4, 0.5) is 5.69 Å². The second kappa shape index (κ2) is 5.75. The van der Waals surface area contributed by atoms with E-state index < -0.39 is 0 Å². The fraction of sp³-hybridized carbons (Fsp3) is 0.0417. The van der Waals surface area contributed by atoms with Crippen molar-refractivity contribution in [3.8, 4) is 17.0 Å². The summed E-state index contributed by atoms with van der Waals surface area (Å²) in [5.74, 6) is 0.141. The first-order valence-electron chi connectivity index (χ1n) is 9.34. The summed E-state index contributed by atoms with van der Waals surface area (Å²) < 4.78 is 5.99. The van der Waals surface area contributed by atoms with Crippen LogP contribution in [0.25, 0.3) is 32.9 Å². The van der Waals surface area contributed by atoms with Crippen LogP contribution in [0.15, 0.2) is 72.8 Å². The first-order chi connectivity index (χ1) is 14.2. The molecule has 0 aliphatic carbocycles. The van der Waals surface area contributed by atoms with Gasteiger partial charge in [0, 0.05) is 23.1 Å². The van der Waals surface area contributed by atoms with Crippen LogP contribution >= 0.6 is 0 Å². The van der Waals surface area contributed by atoms with Crippen LogP contribution < -0.4 is 9.64 Å². The van der Waals surface area contributed by atoms with Crippen LogP contribution in [0.5, 0.6) is 5.75 Å². The van der Waals surface area contributed by atoms with Gasteiger partial charge in [-0.3, -0.25) is 9.59 Å². The first-order valence-corrected chi connectivity index (χ1v) is 9.34. The Morgan fingerprint density at radius 1 is 0.862 bits per heavy atom. The summed E-state index contributed by atoms with van der Waals surface area (Å²) in [6, 6.07) is 19.7. The van der Waals surface area contributed by atoms with E-state index in [2.05, 4.69) is 24.3 Å². The first kappa shape index (κ1) is 16.0. The Kier molecular flexibility index (Phi) is 3.18. The zero-order chi connectivity index (χ0) is 19.5. The third-order valence-corrected chi connectivity index (χ3v) is 5.46. The Hall–Kier alpha value is -3.99. The standard InChI is InChI=1S/C24H14N2O3/c27-21-9-10-22(28)26(21)17-7-5-15-11-16-13-29-20-8-6-14-3-1-2-4-18(14)23(20)24(16)25-19(15)12-17/h1-12H,13H2. The average Bonchev–Trinajstić information content (AvgIpc) is 3.09. The quantitative estimate of drug-likeness (QED) is 0.461. The maximum Gasteiger partial charge on any atom is 0.258 e. The van der Waals surface area contributed by atoms with Crippen molar-refractivity contribution in [1.29, 1.82) is 0 Å². The highest BCUT2D eigenvalue weighted by atomic mass is 16.5. The molecule has 138 valence electrons. The molecule has 4 aromatic rings. The fourth-order valence-corrected chi connectivity index (χ4v) is 4.09. The lowest BCUT2D eigenvalue weighted by Crippen LogP contribution is -2.29. The Morgan fingerprint density at radius 2 is 1.66 bits per heavy atom. The number of hydrogen-bond acceptors (Lipinski definition) is 4. The number of carbonyl (C=O) groups is 2. The average molecular weight is 378 g/mol. The van der Waals surface area contributed by atoms with E-state index in [1.165, 1.54) is 12.2 Å². The molecular weight excluding hydrogens is 364 g/mol. The van der Waals surface area contributed by atoms with Crippen molar-refractivity contribution < 1.29 is 14.3 Å². The Morgan fingerprint density at radius 3 is 2.52 bits per heavy atom. The topological polar surface area (TPSA) is 59.5 Å². The van der Waals surface area contributed by atoms with Crippen LogP contribution in [0.1, 0.15) is 5.56 Å². The lowest BCUT2D eigenvalue weighted by molar-refractivity contribution is -0.119. The molecule has 2 aliphatic heterocycles. The highest BCUT2D eigenvalue weighted by Gasteiger charge is 2.26. The fourth-order valence-electron chi connectivity index (χ4n) is 4.09. The van der Waals surface area contributed by atoms with E-state index >= 15 is 0 Å². The van der Waals surface area contributed by atoms with Crippen LogP contribution in [-0.4, -0.2) is 16.8 Å². The second-order valence-corrected chi connectivity index (χ2v) is 7.17. The number of amides is 2. The molecule has 0 fully saturated rings. The predicted octanol–water partition coefficient (Wildman–Crippen LogP) is 4.38. The number of fused-ring (bicyclic) bond motifs is 6. The monoisotopic (exact) mass is 378 g/mol. The lowest BCUT2D eigenvalue weighted by Gasteiger charge is -2.22. The van der Waals surface area contributed by atoms with Gasteiger partial charge >= 0.3 is 0 Å². The number of carbonyl (C=O) groups excluding carboxylic acids is 2. The molecule has 3 heterocycles.